The van der Waals surface area contributed by atoms with Crippen LogP contribution in [0.2, 0.25) is 5.02 Å². The minimum atomic E-state index is -4.08. The van der Waals surface area contributed by atoms with Gasteiger partial charge in [0.1, 0.15) is 0 Å². The van der Waals surface area contributed by atoms with Crippen molar-refractivity contribution in [3.05, 3.63) is 64.7 Å². The fraction of sp³-hybridized carbons (Fsp3) is 0.238. The first-order valence-corrected chi connectivity index (χ1v) is 11.5. The monoisotopic (exact) mass is 447 g/mol. The Kier molecular flexibility index (Phi) is 6.37. The van der Waals surface area contributed by atoms with E-state index in [2.05, 4.69) is 17.2 Å². The lowest BCUT2D eigenvalue weighted by Gasteiger charge is -2.24. The molecule has 2 aromatic carbocycles. The molecule has 0 bridgehead atoms. The lowest BCUT2D eigenvalue weighted by atomic mass is 10.1. The Morgan fingerprint density at radius 3 is 2.31 bits per heavy atom. The van der Waals surface area contributed by atoms with Crippen LogP contribution in [0.5, 0.6) is 0 Å². The molecule has 2 amide bonds. The molecule has 1 saturated heterocycles. The van der Waals surface area contributed by atoms with Crippen molar-refractivity contribution in [2.24, 2.45) is 0 Å². The highest BCUT2D eigenvalue weighted by Crippen LogP contribution is 2.44. The molecule has 1 fully saturated rings. The number of benzene rings is 2. The lowest BCUT2D eigenvalue weighted by molar-refractivity contribution is -0.120. The van der Waals surface area contributed by atoms with E-state index in [0.717, 1.165) is 11.1 Å². The van der Waals surface area contributed by atoms with E-state index < -0.39 is 25.1 Å². The maximum absolute atomic E-state index is 13.3. The molecule has 0 aromatic heterocycles. The molecule has 5 nitrogen and oxygen atoms in total. The number of carbonyl (C=O) groups is 2. The first-order chi connectivity index (χ1) is 13.7. The van der Waals surface area contributed by atoms with E-state index in [-0.39, 0.29) is 11.3 Å². The molecule has 1 unspecified atom stereocenters. The summed E-state index contributed by atoms with van der Waals surface area (Å²) in [5, 5.41) is 2.09. The molecule has 29 heavy (non-hydrogen) atoms. The van der Waals surface area contributed by atoms with Gasteiger partial charge < -0.3 is 0 Å². The maximum Gasteiger partial charge on any atom is 0.287 e. The minimum absolute atomic E-state index is 0.0131. The summed E-state index contributed by atoms with van der Waals surface area (Å²) in [7, 11) is -4.08. The molecule has 150 valence electrons. The number of rotatable bonds is 5. The number of hydrogen-bond donors (Lipinski definition) is 1. The van der Waals surface area contributed by atoms with Crippen molar-refractivity contribution in [1.29, 1.82) is 0 Å². The van der Waals surface area contributed by atoms with E-state index in [9.17, 15) is 18.0 Å². The van der Waals surface area contributed by atoms with Crippen molar-refractivity contribution in [2.75, 3.05) is 0 Å². The van der Waals surface area contributed by atoms with Crippen LogP contribution in [0.1, 0.15) is 30.4 Å². The third-order valence-corrected chi connectivity index (χ3v) is 8.79. The van der Waals surface area contributed by atoms with Crippen LogP contribution in [0.25, 0.3) is 0 Å². The first-order valence-electron chi connectivity index (χ1n) is 8.85. The van der Waals surface area contributed by atoms with Crippen molar-refractivity contribution in [2.45, 2.75) is 35.2 Å². The molecule has 1 aliphatic rings. The molecular formula is C21H18ClNO4S2. The van der Waals surface area contributed by atoms with Gasteiger partial charge in [0.2, 0.25) is 13.9 Å². The fourth-order valence-corrected chi connectivity index (χ4v) is 6.40. The van der Waals surface area contributed by atoms with Crippen molar-refractivity contribution >= 4 is 44.3 Å². The van der Waals surface area contributed by atoms with Gasteiger partial charge in [-0.15, -0.1) is 0 Å². The standard InChI is InChI=1S/C21H18ClNO4S2/c1-15-6-12-18(13-7-15)29(26,27)21(19(24)23-20(25)28-21)14-4-2-3-5-16-8-10-17(22)11-9-16/h6-13H,2,4,14H2,1H3,(H,23,24,25). The Hall–Kier alpha value is -2.27. The number of halogens is 1. The highest BCUT2D eigenvalue weighted by molar-refractivity contribution is 8.25. The van der Waals surface area contributed by atoms with Gasteiger partial charge in [-0.25, -0.2) is 8.42 Å². The average molecular weight is 448 g/mol. The Bertz CT molecular complexity index is 1100. The SMILES string of the molecule is Cc1ccc(S(=O)(=O)C2(CCCC#Cc3ccc(Cl)cc3)SC(=O)NC2=O)cc1. The number of thioether (sulfide) groups is 1. The van der Waals surface area contributed by atoms with E-state index in [1.807, 2.05) is 6.92 Å². The lowest BCUT2D eigenvalue weighted by Crippen LogP contribution is -2.43. The molecule has 0 radical (unpaired) electrons. The van der Waals surface area contributed by atoms with Crippen LogP contribution < -0.4 is 5.32 Å². The highest BCUT2D eigenvalue weighted by atomic mass is 35.5. The Morgan fingerprint density at radius 2 is 1.72 bits per heavy atom. The van der Waals surface area contributed by atoms with Gasteiger partial charge in [0.15, 0.2) is 0 Å². The van der Waals surface area contributed by atoms with Crippen LogP contribution in [0.3, 0.4) is 0 Å². The summed E-state index contributed by atoms with van der Waals surface area (Å²) in [6.07, 6.45) is 0.718. The molecule has 1 atom stereocenters. The quantitative estimate of drug-likeness (QED) is 0.545. The molecule has 8 heteroatoms. The van der Waals surface area contributed by atoms with Crippen LogP contribution in [-0.2, 0) is 14.6 Å². The third-order valence-electron chi connectivity index (χ3n) is 4.47. The summed E-state index contributed by atoms with van der Waals surface area (Å²) in [5.41, 5.74) is 1.69. The van der Waals surface area contributed by atoms with Gasteiger partial charge in [0, 0.05) is 17.0 Å². The van der Waals surface area contributed by atoms with Gasteiger partial charge in [-0.1, -0.05) is 41.1 Å². The Balaban J connectivity index is 1.79. The molecule has 1 N–H and O–H groups in total. The molecule has 3 rings (SSSR count). The number of carbonyl (C=O) groups excluding carboxylic acids is 2. The molecule has 0 saturated carbocycles. The van der Waals surface area contributed by atoms with Crippen molar-refractivity contribution in [3.63, 3.8) is 0 Å². The van der Waals surface area contributed by atoms with Crippen molar-refractivity contribution < 1.29 is 18.0 Å². The Morgan fingerprint density at radius 1 is 1.07 bits per heavy atom. The number of amides is 2. The summed E-state index contributed by atoms with van der Waals surface area (Å²) >= 11 is 6.37. The van der Waals surface area contributed by atoms with E-state index in [1.54, 1.807) is 36.4 Å². The van der Waals surface area contributed by atoms with Gasteiger partial charge in [-0.3, -0.25) is 14.9 Å². The number of hydrogen-bond acceptors (Lipinski definition) is 5. The summed E-state index contributed by atoms with van der Waals surface area (Å²) in [4.78, 5) is 24.4. The second-order valence-corrected chi connectivity index (χ2v) is 10.7. The number of nitrogens with one attached hydrogen (secondary N) is 1. The van der Waals surface area contributed by atoms with Gasteiger partial charge in [0.25, 0.3) is 11.1 Å². The van der Waals surface area contributed by atoms with Gasteiger partial charge in [-0.2, -0.15) is 0 Å². The Labute approximate surface area is 179 Å². The van der Waals surface area contributed by atoms with Crippen LogP contribution in [-0.4, -0.2) is 23.6 Å². The molecule has 0 spiro atoms. The van der Waals surface area contributed by atoms with Gasteiger partial charge in [-0.05, 0) is 67.9 Å². The van der Waals surface area contributed by atoms with E-state index in [4.69, 9.17) is 11.6 Å². The summed E-state index contributed by atoms with van der Waals surface area (Å²) in [6, 6.07) is 13.3. The molecule has 1 aliphatic heterocycles. The van der Waals surface area contributed by atoms with E-state index in [1.165, 1.54) is 12.1 Å². The smallest absolute Gasteiger partial charge is 0.285 e. The predicted octanol–water partition coefficient (Wildman–Crippen LogP) is 4.32. The van der Waals surface area contributed by atoms with Crippen molar-refractivity contribution in [3.8, 4) is 11.8 Å². The van der Waals surface area contributed by atoms with E-state index >= 15 is 0 Å². The molecular weight excluding hydrogens is 430 g/mol. The zero-order chi connectivity index (χ0) is 21.1. The first kappa shape index (κ1) is 21.4. The second-order valence-electron chi connectivity index (χ2n) is 6.58. The number of unbranched alkanes of at least 4 members (excludes halogenated alkanes) is 1. The second kappa shape index (κ2) is 8.62. The number of aryl methyl sites for hydroxylation is 1. The normalized spacial score (nSPS) is 18.8. The van der Waals surface area contributed by atoms with Gasteiger partial charge >= 0.3 is 0 Å². The zero-order valence-electron chi connectivity index (χ0n) is 15.6. The van der Waals surface area contributed by atoms with E-state index in [0.29, 0.717) is 29.6 Å². The van der Waals surface area contributed by atoms with Crippen LogP contribution in [0, 0.1) is 18.8 Å². The highest BCUT2D eigenvalue weighted by Gasteiger charge is 2.57. The van der Waals surface area contributed by atoms with Crippen LogP contribution >= 0.6 is 23.4 Å². The number of sulfone groups is 1. The topological polar surface area (TPSA) is 80.3 Å². The van der Waals surface area contributed by atoms with Crippen LogP contribution in [0.15, 0.2) is 53.4 Å². The van der Waals surface area contributed by atoms with Gasteiger partial charge in [0.05, 0.1) is 4.90 Å². The molecule has 0 aliphatic carbocycles. The number of imide groups is 1. The summed E-state index contributed by atoms with van der Waals surface area (Å²) in [6.45, 7) is 1.84. The minimum Gasteiger partial charge on any atom is -0.285 e. The average Bonchev–Trinajstić information content (AvgIpc) is 2.98. The van der Waals surface area contributed by atoms with Crippen molar-refractivity contribution in [1.82, 2.24) is 5.32 Å². The zero-order valence-corrected chi connectivity index (χ0v) is 18.0. The maximum atomic E-state index is 13.3. The third kappa shape index (κ3) is 4.50. The fourth-order valence-electron chi connectivity index (χ4n) is 2.90. The largest absolute Gasteiger partial charge is 0.287 e. The molecule has 1 heterocycles. The summed E-state index contributed by atoms with van der Waals surface area (Å²) < 4.78 is 24.6. The summed E-state index contributed by atoms with van der Waals surface area (Å²) in [5.74, 6) is 5.15. The van der Waals surface area contributed by atoms with Crippen LogP contribution in [0.4, 0.5) is 4.79 Å². The molecule has 2 aromatic rings. The predicted molar refractivity (Wildman–Crippen MR) is 114 cm³/mol.